The van der Waals surface area contributed by atoms with Gasteiger partial charge in [0.2, 0.25) is 0 Å². The van der Waals surface area contributed by atoms with E-state index in [0.29, 0.717) is 5.92 Å². The number of hydrogen-bond donors (Lipinski definition) is 2. The van der Waals surface area contributed by atoms with E-state index in [4.69, 9.17) is 5.73 Å². The predicted molar refractivity (Wildman–Crippen MR) is 72.0 cm³/mol. The van der Waals surface area contributed by atoms with Crippen LogP contribution in [-0.2, 0) is 0 Å². The van der Waals surface area contributed by atoms with Crippen LogP contribution < -0.4 is 11.1 Å². The third-order valence-corrected chi connectivity index (χ3v) is 3.80. The molecule has 1 aliphatic rings. The Balaban J connectivity index is 1.88. The summed E-state index contributed by atoms with van der Waals surface area (Å²) in [4.78, 5) is 4.47. The van der Waals surface area contributed by atoms with Crippen molar-refractivity contribution in [3.05, 3.63) is 23.9 Å². The number of hydrogen-bond acceptors (Lipinski definition) is 3. The average molecular weight is 233 g/mol. The molecule has 0 amide bonds. The molecular weight excluding hydrogens is 210 g/mol. The van der Waals surface area contributed by atoms with Gasteiger partial charge in [-0.05, 0) is 50.3 Å². The largest absolute Gasteiger partial charge is 0.370 e. The first-order valence-electron chi connectivity index (χ1n) is 6.67. The van der Waals surface area contributed by atoms with E-state index >= 15 is 0 Å². The fourth-order valence-corrected chi connectivity index (χ4v) is 2.74. The summed E-state index contributed by atoms with van der Waals surface area (Å²) >= 11 is 0. The number of aromatic nitrogens is 1. The molecule has 17 heavy (non-hydrogen) atoms. The Morgan fingerprint density at radius 3 is 2.76 bits per heavy atom. The van der Waals surface area contributed by atoms with Gasteiger partial charge < -0.3 is 11.1 Å². The molecule has 0 aromatic carbocycles. The maximum Gasteiger partial charge on any atom is 0.126 e. The highest BCUT2D eigenvalue weighted by Gasteiger charge is 2.23. The third kappa shape index (κ3) is 3.43. The molecule has 1 aromatic heterocycles. The van der Waals surface area contributed by atoms with Crippen LogP contribution in [0.25, 0.3) is 0 Å². The summed E-state index contributed by atoms with van der Waals surface area (Å²) in [7, 11) is 0. The number of rotatable bonds is 4. The van der Waals surface area contributed by atoms with Crippen molar-refractivity contribution >= 4 is 5.82 Å². The van der Waals surface area contributed by atoms with Crippen molar-refractivity contribution in [2.24, 2.45) is 17.6 Å². The highest BCUT2D eigenvalue weighted by atomic mass is 15.0. The first kappa shape index (κ1) is 12.4. The van der Waals surface area contributed by atoms with Gasteiger partial charge in [0.25, 0.3) is 0 Å². The van der Waals surface area contributed by atoms with Crippen LogP contribution in [-0.4, -0.2) is 18.1 Å². The van der Waals surface area contributed by atoms with E-state index < -0.39 is 0 Å². The van der Waals surface area contributed by atoms with Crippen LogP contribution in [0.2, 0.25) is 0 Å². The fraction of sp³-hybridized carbons (Fsp3) is 0.643. The van der Waals surface area contributed by atoms with Gasteiger partial charge >= 0.3 is 0 Å². The number of nitrogens with one attached hydrogen (secondary N) is 1. The van der Waals surface area contributed by atoms with Gasteiger partial charge in [0.1, 0.15) is 5.82 Å². The Morgan fingerprint density at radius 1 is 1.29 bits per heavy atom. The zero-order chi connectivity index (χ0) is 12.1. The number of nitrogens with two attached hydrogens (primary N) is 1. The molecule has 0 aliphatic heterocycles. The van der Waals surface area contributed by atoms with Crippen molar-refractivity contribution in [2.45, 2.75) is 32.6 Å². The van der Waals surface area contributed by atoms with Crippen LogP contribution in [0.15, 0.2) is 18.2 Å². The van der Waals surface area contributed by atoms with Crippen LogP contribution in [0.5, 0.6) is 0 Å². The lowest BCUT2D eigenvalue weighted by Gasteiger charge is -2.30. The second-order valence-corrected chi connectivity index (χ2v) is 5.09. The topological polar surface area (TPSA) is 50.9 Å². The smallest absolute Gasteiger partial charge is 0.126 e. The summed E-state index contributed by atoms with van der Waals surface area (Å²) in [6, 6.07) is 6.10. The highest BCUT2D eigenvalue weighted by molar-refractivity contribution is 5.35. The molecule has 1 aromatic rings. The van der Waals surface area contributed by atoms with Crippen molar-refractivity contribution in [3.63, 3.8) is 0 Å². The molecule has 1 saturated carbocycles. The molecule has 0 spiro atoms. The van der Waals surface area contributed by atoms with Gasteiger partial charge in [0.15, 0.2) is 0 Å². The lowest BCUT2D eigenvalue weighted by molar-refractivity contribution is 0.255. The first-order chi connectivity index (χ1) is 8.29. The quantitative estimate of drug-likeness (QED) is 0.840. The van der Waals surface area contributed by atoms with Gasteiger partial charge in [-0.15, -0.1) is 0 Å². The zero-order valence-corrected chi connectivity index (χ0v) is 10.7. The van der Waals surface area contributed by atoms with E-state index in [1.807, 2.05) is 25.1 Å². The number of anilines is 1. The monoisotopic (exact) mass is 233 g/mol. The van der Waals surface area contributed by atoms with E-state index in [2.05, 4.69) is 10.3 Å². The zero-order valence-electron chi connectivity index (χ0n) is 10.7. The average Bonchev–Trinajstić information content (AvgIpc) is 2.37. The summed E-state index contributed by atoms with van der Waals surface area (Å²) in [5, 5.41) is 3.45. The van der Waals surface area contributed by atoms with Crippen molar-refractivity contribution in [1.29, 1.82) is 0 Å². The van der Waals surface area contributed by atoms with Crippen molar-refractivity contribution in [2.75, 3.05) is 18.4 Å². The molecule has 1 aliphatic carbocycles. The van der Waals surface area contributed by atoms with Gasteiger partial charge in [-0.25, -0.2) is 4.98 Å². The molecule has 3 N–H and O–H groups in total. The van der Waals surface area contributed by atoms with Gasteiger partial charge in [-0.2, -0.15) is 0 Å². The van der Waals surface area contributed by atoms with Gasteiger partial charge in [-0.1, -0.05) is 18.9 Å². The first-order valence-corrected chi connectivity index (χ1v) is 6.67. The Labute approximate surface area is 104 Å². The van der Waals surface area contributed by atoms with Crippen LogP contribution >= 0.6 is 0 Å². The molecule has 0 bridgehead atoms. The number of aryl methyl sites for hydroxylation is 1. The lowest BCUT2D eigenvalue weighted by Crippen LogP contribution is -2.31. The van der Waals surface area contributed by atoms with Gasteiger partial charge in [0, 0.05) is 12.2 Å². The molecule has 3 heteroatoms. The molecule has 3 nitrogen and oxygen atoms in total. The molecular formula is C14H23N3. The van der Waals surface area contributed by atoms with E-state index in [-0.39, 0.29) is 0 Å². The molecule has 0 saturated heterocycles. The Hall–Kier alpha value is -1.09. The van der Waals surface area contributed by atoms with Crippen molar-refractivity contribution < 1.29 is 0 Å². The Kier molecular flexibility index (Phi) is 4.37. The van der Waals surface area contributed by atoms with Crippen LogP contribution in [0.4, 0.5) is 5.82 Å². The lowest BCUT2D eigenvalue weighted by atomic mass is 9.79. The fourth-order valence-electron chi connectivity index (χ4n) is 2.74. The van der Waals surface area contributed by atoms with Gasteiger partial charge in [0.05, 0.1) is 0 Å². The standard InChI is InChI=1S/C14H23N3/c1-11-5-4-8-14(17-11)16-10-13-7-3-2-6-12(13)9-15/h4-5,8,12-13H,2-3,6-7,9-10,15H2,1H3,(H,16,17). The summed E-state index contributed by atoms with van der Waals surface area (Å²) < 4.78 is 0. The van der Waals surface area contributed by atoms with E-state index in [9.17, 15) is 0 Å². The minimum Gasteiger partial charge on any atom is -0.370 e. The minimum absolute atomic E-state index is 0.695. The SMILES string of the molecule is Cc1cccc(NCC2CCCCC2CN)n1. The molecule has 94 valence electrons. The molecule has 0 radical (unpaired) electrons. The maximum absolute atomic E-state index is 5.84. The second kappa shape index (κ2) is 6.01. The van der Waals surface area contributed by atoms with Crippen LogP contribution in [0.3, 0.4) is 0 Å². The third-order valence-electron chi connectivity index (χ3n) is 3.80. The molecule has 2 unspecified atom stereocenters. The molecule has 2 rings (SSSR count). The van der Waals surface area contributed by atoms with Crippen molar-refractivity contribution in [1.82, 2.24) is 4.98 Å². The van der Waals surface area contributed by atoms with Crippen molar-refractivity contribution in [3.8, 4) is 0 Å². The predicted octanol–water partition coefficient (Wildman–Crippen LogP) is 2.57. The van der Waals surface area contributed by atoms with E-state index in [1.165, 1.54) is 25.7 Å². The Bertz CT molecular complexity index is 351. The van der Waals surface area contributed by atoms with E-state index in [1.54, 1.807) is 0 Å². The van der Waals surface area contributed by atoms with Crippen LogP contribution in [0, 0.1) is 18.8 Å². The highest BCUT2D eigenvalue weighted by Crippen LogP contribution is 2.29. The molecule has 1 heterocycles. The normalized spacial score (nSPS) is 24.6. The Morgan fingerprint density at radius 2 is 2.06 bits per heavy atom. The maximum atomic E-state index is 5.84. The summed E-state index contributed by atoms with van der Waals surface area (Å²) in [6.45, 7) is 3.86. The summed E-state index contributed by atoms with van der Waals surface area (Å²) in [6.07, 6.45) is 5.30. The molecule has 2 atom stereocenters. The minimum atomic E-state index is 0.695. The summed E-state index contributed by atoms with van der Waals surface area (Å²) in [5.74, 6) is 2.41. The van der Waals surface area contributed by atoms with E-state index in [0.717, 1.165) is 30.5 Å². The number of pyridine rings is 1. The number of nitrogens with zero attached hydrogens (tertiary/aromatic N) is 1. The van der Waals surface area contributed by atoms with Crippen LogP contribution in [0.1, 0.15) is 31.4 Å². The second-order valence-electron chi connectivity index (χ2n) is 5.09. The molecule has 1 fully saturated rings. The van der Waals surface area contributed by atoms with Gasteiger partial charge in [-0.3, -0.25) is 0 Å². The summed E-state index contributed by atoms with van der Waals surface area (Å²) in [5.41, 5.74) is 6.91.